The van der Waals surface area contributed by atoms with Crippen molar-refractivity contribution in [3.63, 3.8) is 0 Å². The molecule has 3 rings (SSSR count). The number of amides is 2. The molecular formula is C29H41N3O3. The molecule has 6 heteroatoms. The maximum absolute atomic E-state index is 14.2. The van der Waals surface area contributed by atoms with Gasteiger partial charge < -0.3 is 19.9 Å². The van der Waals surface area contributed by atoms with Gasteiger partial charge in [-0.05, 0) is 65.1 Å². The first kappa shape index (κ1) is 26.7. The number of rotatable bonds is 9. The fourth-order valence-corrected chi connectivity index (χ4v) is 4.99. The number of nitrogens with one attached hydrogen (secondary N) is 1. The Labute approximate surface area is 210 Å². The van der Waals surface area contributed by atoms with Crippen molar-refractivity contribution >= 4 is 12.0 Å². The molecule has 1 aliphatic heterocycles. The van der Waals surface area contributed by atoms with Crippen molar-refractivity contribution in [2.24, 2.45) is 0 Å². The van der Waals surface area contributed by atoms with Crippen LogP contribution < -0.4 is 5.32 Å². The molecule has 0 aromatic heterocycles. The van der Waals surface area contributed by atoms with Crippen LogP contribution in [-0.4, -0.2) is 66.2 Å². The monoisotopic (exact) mass is 479 g/mol. The predicted octanol–water partition coefficient (Wildman–Crippen LogP) is 4.83. The summed E-state index contributed by atoms with van der Waals surface area (Å²) >= 11 is 0. The van der Waals surface area contributed by atoms with Crippen molar-refractivity contribution in [1.29, 1.82) is 0 Å². The Balaban J connectivity index is 1.84. The minimum absolute atomic E-state index is 0.0474. The van der Waals surface area contributed by atoms with Gasteiger partial charge in [0.05, 0.1) is 0 Å². The lowest BCUT2D eigenvalue weighted by Gasteiger charge is -2.39. The van der Waals surface area contributed by atoms with E-state index in [0.717, 1.165) is 37.2 Å². The molecule has 1 atom stereocenters. The van der Waals surface area contributed by atoms with E-state index < -0.39 is 11.0 Å². The highest BCUT2D eigenvalue weighted by Gasteiger charge is 2.44. The van der Waals surface area contributed by atoms with E-state index >= 15 is 0 Å². The Kier molecular flexibility index (Phi) is 8.95. The van der Waals surface area contributed by atoms with Gasteiger partial charge in [-0.1, -0.05) is 60.7 Å². The molecule has 0 saturated carbocycles. The SMILES string of the molecule is CCN(CC)C(=O)C(CCN1CC[C@H](NC(=O)OC(C)(C)C)C1)(c1ccccc1)c1ccccc1. The zero-order valence-electron chi connectivity index (χ0n) is 21.9. The van der Waals surface area contributed by atoms with Crippen LogP contribution in [0.4, 0.5) is 4.79 Å². The lowest BCUT2D eigenvalue weighted by Crippen LogP contribution is -2.49. The molecule has 190 valence electrons. The highest BCUT2D eigenvalue weighted by molar-refractivity contribution is 5.92. The third kappa shape index (κ3) is 6.63. The van der Waals surface area contributed by atoms with Gasteiger partial charge in [-0.2, -0.15) is 0 Å². The molecular weight excluding hydrogens is 438 g/mol. The molecule has 0 bridgehead atoms. The molecule has 0 radical (unpaired) electrons. The van der Waals surface area contributed by atoms with E-state index in [1.807, 2.05) is 75.9 Å². The Morgan fingerprint density at radius 1 is 0.971 bits per heavy atom. The maximum Gasteiger partial charge on any atom is 0.407 e. The Bertz CT molecular complexity index is 913. The van der Waals surface area contributed by atoms with Gasteiger partial charge in [0, 0.05) is 32.2 Å². The number of likely N-dealkylation sites (N-methyl/N-ethyl adjacent to an activating group) is 1. The molecule has 1 aliphatic rings. The summed E-state index contributed by atoms with van der Waals surface area (Å²) in [4.78, 5) is 30.7. The smallest absolute Gasteiger partial charge is 0.407 e. The third-order valence-electron chi connectivity index (χ3n) is 6.75. The summed E-state index contributed by atoms with van der Waals surface area (Å²) in [5, 5.41) is 3.01. The number of nitrogens with zero attached hydrogens (tertiary/aromatic N) is 2. The second kappa shape index (κ2) is 11.7. The van der Waals surface area contributed by atoms with Gasteiger partial charge in [-0.25, -0.2) is 4.79 Å². The minimum Gasteiger partial charge on any atom is -0.444 e. The van der Waals surface area contributed by atoms with Crippen LogP contribution >= 0.6 is 0 Å². The van der Waals surface area contributed by atoms with Crippen molar-refractivity contribution in [2.45, 2.75) is 64.5 Å². The maximum atomic E-state index is 14.2. The van der Waals surface area contributed by atoms with Crippen molar-refractivity contribution in [2.75, 3.05) is 32.7 Å². The van der Waals surface area contributed by atoms with Gasteiger partial charge in [0.15, 0.2) is 0 Å². The highest BCUT2D eigenvalue weighted by atomic mass is 16.6. The van der Waals surface area contributed by atoms with Crippen LogP contribution in [0.2, 0.25) is 0 Å². The van der Waals surface area contributed by atoms with Crippen LogP contribution in [-0.2, 0) is 14.9 Å². The van der Waals surface area contributed by atoms with Crippen molar-refractivity contribution in [1.82, 2.24) is 15.1 Å². The fraction of sp³-hybridized carbons (Fsp3) is 0.517. The second-order valence-corrected chi connectivity index (χ2v) is 10.3. The topological polar surface area (TPSA) is 61.9 Å². The van der Waals surface area contributed by atoms with E-state index in [1.165, 1.54) is 0 Å². The average molecular weight is 480 g/mol. The van der Waals surface area contributed by atoms with E-state index in [0.29, 0.717) is 19.5 Å². The summed E-state index contributed by atoms with van der Waals surface area (Å²) in [6.45, 7) is 13.4. The van der Waals surface area contributed by atoms with E-state index in [2.05, 4.69) is 34.5 Å². The van der Waals surface area contributed by atoms with Gasteiger partial charge in [-0.3, -0.25) is 4.79 Å². The van der Waals surface area contributed by atoms with Gasteiger partial charge >= 0.3 is 6.09 Å². The molecule has 1 saturated heterocycles. The molecule has 0 unspecified atom stereocenters. The van der Waals surface area contributed by atoms with Crippen molar-refractivity contribution in [3.05, 3.63) is 71.8 Å². The first-order valence-electron chi connectivity index (χ1n) is 12.8. The van der Waals surface area contributed by atoms with E-state index in [9.17, 15) is 9.59 Å². The highest BCUT2D eigenvalue weighted by Crippen LogP contribution is 2.38. The third-order valence-corrected chi connectivity index (χ3v) is 6.75. The number of hydrogen-bond donors (Lipinski definition) is 1. The summed E-state index contributed by atoms with van der Waals surface area (Å²) in [7, 11) is 0. The molecule has 0 spiro atoms. The molecule has 2 aromatic rings. The number of benzene rings is 2. The number of alkyl carbamates (subject to hydrolysis) is 1. The molecule has 1 heterocycles. The van der Waals surface area contributed by atoms with Gasteiger partial charge in [-0.15, -0.1) is 0 Å². The van der Waals surface area contributed by atoms with Crippen molar-refractivity contribution in [3.8, 4) is 0 Å². The lowest BCUT2D eigenvalue weighted by atomic mass is 9.70. The largest absolute Gasteiger partial charge is 0.444 e. The minimum atomic E-state index is -0.773. The first-order chi connectivity index (χ1) is 16.7. The fourth-order valence-electron chi connectivity index (χ4n) is 4.99. The van der Waals surface area contributed by atoms with Crippen LogP contribution in [0.3, 0.4) is 0 Å². The molecule has 1 N–H and O–H groups in total. The Hall–Kier alpha value is -2.86. The summed E-state index contributed by atoms with van der Waals surface area (Å²) in [6.07, 6.45) is 1.16. The second-order valence-electron chi connectivity index (χ2n) is 10.3. The number of ether oxygens (including phenoxy) is 1. The standard InChI is InChI=1S/C29H41N3O3/c1-6-32(7-2)26(33)29(23-14-10-8-11-15-23,24-16-12-9-13-17-24)19-21-31-20-18-25(22-31)30-27(34)35-28(3,4)5/h8-17,25H,6-7,18-22H2,1-5H3,(H,30,34)/t25-/m0/s1. The molecule has 35 heavy (non-hydrogen) atoms. The summed E-state index contributed by atoms with van der Waals surface area (Å²) in [6, 6.07) is 20.4. The normalized spacial score (nSPS) is 16.7. The van der Waals surface area contributed by atoms with E-state index in [-0.39, 0.29) is 18.0 Å². The molecule has 0 aliphatic carbocycles. The van der Waals surface area contributed by atoms with Crippen LogP contribution in [0.25, 0.3) is 0 Å². The van der Waals surface area contributed by atoms with Crippen LogP contribution in [0, 0.1) is 0 Å². The molecule has 1 fully saturated rings. The average Bonchev–Trinajstić information content (AvgIpc) is 3.27. The number of carbonyl (C=O) groups is 2. The van der Waals surface area contributed by atoms with Crippen LogP contribution in [0.5, 0.6) is 0 Å². The Morgan fingerprint density at radius 2 is 1.51 bits per heavy atom. The predicted molar refractivity (Wildman–Crippen MR) is 140 cm³/mol. The van der Waals surface area contributed by atoms with Crippen LogP contribution in [0.15, 0.2) is 60.7 Å². The summed E-state index contributed by atoms with van der Waals surface area (Å²) in [5.41, 5.74) is 0.750. The van der Waals surface area contributed by atoms with Gasteiger partial charge in [0.1, 0.15) is 11.0 Å². The van der Waals surface area contributed by atoms with Crippen LogP contribution in [0.1, 0.15) is 58.6 Å². The zero-order chi connectivity index (χ0) is 25.5. The van der Waals surface area contributed by atoms with Crippen molar-refractivity contribution < 1.29 is 14.3 Å². The number of carbonyl (C=O) groups excluding carboxylic acids is 2. The van der Waals surface area contributed by atoms with Gasteiger partial charge in [0.2, 0.25) is 5.91 Å². The number of likely N-dealkylation sites (tertiary alicyclic amines) is 1. The van der Waals surface area contributed by atoms with E-state index in [4.69, 9.17) is 4.74 Å². The van der Waals surface area contributed by atoms with E-state index in [1.54, 1.807) is 0 Å². The summed E-state index contributed by atoms with van der Waals surface area (Å²) < 4.78 is 5.43. The Morgan fingerprint density at radius 3 is 2.00 bits per heavy atom. The molecule has 2 amide bonds. The zero-order valence-corrected chi connectivity index (χ0v) is 21.9. The quantitative estimate of drug-likeness (QED) is 0.560. The molecule has 2 aromatic carbocycles. The molecule has 6 nitrogen and oxygen atoms in total. The first-order valence-corrected chi connectivity index (χ1v) is 12.8. The summed E-state index contributed by atoms with van der Waals surface area (Å²) in [5.74, 6) is 0.141. The number of hydrogen-bond acceptors (Lipinski definition) is 4. The lowest BCUT2D eigenvalue weighted by molar-refractivity contribution is -0.136. The van der Waals surface area contributed by atoms with Gasteiger partial charge in [0.25, 0.3) is 0 Å².